The number of anilines is 1. The fourth-order valence-corrected chi connectivity index (χ4v) is 1.58. The van der Waals surface area contributed by atoms with Crippen molar-refractivity contribution in [2.75, 3.05) is 5.32 Å². The Kier molecular flexibility index (Phi) is 4.82. The number of halogens is 3. The molecule has 116 valence electrons. The molecule has 0 saturated heterocycles. The molecule has 1 unspecified atom stereocenters. The lowest BCUT2D eigenvalue weighted by atomic mass is 9.85. The highest BCUT2D eigenvalue weighted by molar-refractivity contribution is 6.11. The van der Waals surface area contributed by atoms with Gasteiger partial charge in [-0.3, -0.25) is 4.79 Å². The number of alkyl halides is 3. The van der Waals surface area contributed by atoms with Gasteiger partial charge in [-0.25, -0.2) is 0 Å². The van der Waals surface area contributed by atoms with Gasteiger partial charge in [0, 0.05) is 5.69 Å². The number of benzene rings is 1. The van der Waals surface area contributed by atoms with Gasteiger partial charge in [0.25, 0.3) is 0 Å². The molecular weight excluding hydrogens is 287 g/mol. The van der Waals surface area contributed by atoms with Gasteiger partial charge in [-0.05, 0) is 37.6 Å². The van der Waals surface area contributed by atoms with Crippen LogP contribution in [0.2, 0.25) is 0 Å². The normalized spacial score (nSPS) is 15.4. The lowest BCUT2D eigenvalue weighted by molar-refractivity contribution is -0.137. The highest BCUT2D eigenvalue weighted by Gasteiger charge is 2.36. The van der Waals surface area contributed by atoms with Gasteiger partial charge in [-0.1, -0.05) is 12.1 Å². The molecule has 0 aliphatic rings. The largest absolute Gasteiger partial charge is 0.416 e. The predicted octanol–water partition coefficient (Wildman–Crippen LogP) is 2.81. The Morgan fingerprint density at radius 2 is 1.86 bits per heavy atom. The van der Waals surface area contributed by atoms with E-state index in [4.69, 9.17) is 10.9 Å². The van der Waals surface area contributed by atoms with Crippen molar-refractivity contribution < 1.29 is 23.2 Å². The molecule has 1 aromatic carbocycles. The van der Waals surface area contributed by atoms with Crippen LogP contribution in [0.3, 0.4) is 0 Å². The smallest absolute Gasteiger partial charge is 0.409 e. The zero-order valence-corrected chi connectivity index (χ0v) is 11.5. The molecule has 0 bridgehead atoms. The van der Waals surface area contributed by atoms with Crippen LogP contribution in [0.1, 0.15) is 25.8 Å². The molecule has 5 nitrogen and oxygen atoms in total. The number of amidine groups is 1. The molecular formula is C13H16F3N3O2. The summed E-state index contributed by atoms with van der Waals surface area (Å²) < 4.78 is 37.3. The Morgan fingerprint density at radius 1 is 1.33 bits per heavy atom. The predicted molar refractivity (Wildman–Crippen MR) is 71.9 cm³/mol. The molecule has 0 aliphatic carbocycles. The number of hydrogen-bond acceptors (Lipinski definition) is 3. The summed E-state index contributed by atoms with van der Waals surface area (Å²) in [5.74, 6) is -0.838. The maximum Gasteiger partial charge on any atom is 0.416 e. The first-order valence-corrected chi connectivity index (χ1v) is 6.12. The van der Waals surface area contributed by atoms with E-state index in [1.54, 1.807) is 6.92 Å². The summed E-state index contributed by atoms with van der Waals surface area (Å²) in [4.78, 5) is 12.1. The molecule has 0 fully saturated rings. The van der Waals surface area contributed by atoms with Crippen molar-refractivity contribution in [3.8, 4) is 0 Å². The Hall–Kier alpha value is -2.25. The van der Waals surface area contributed by atoms with E-state index in [1.165, 1.54) is 6.92 Å². The van der Waals surface area contributed by atoms with Crippen LogP contribution in [0.15, 0.2) is 29.4 Å². The number of hydrogen-bond donors (Lipinski definition) is 3. The average Bonchev–Trinajstić information content (AvgIpc) is 2.44. The highest BCUT2D eigenvalue weighted by atomic mass is 19.4. The van der Waals surface area contributed by atoms with Gasteiger partial charge in [-0.15, -0.1) is 0 Å². The average molecular weight is 303 g/mol. The molecule has 1 atom stereocenters. The van der Waals surface area contributed by atoms with E-state index in [1.807, 2.05) is 0 Å². The van der Waals surface area contributed by atoms with Gasteiger partial charge in [-0.2, -0.15) is 13.2 Å². The van der Waals surface area contributed by atoms with E-state index in [-0.39, 0.29) is 17.9 Å². The first-order chi connectivity index (χ1) is 9.65. The highest BCUT2D eigenvalue weighted by Crippen LogP contribution is 2.30. The molecule has 1 rings (SSSR count). The number of carbonyl (C=O) groups is 1. The summed E-state index contributed by atoms with van der Waals surface area (Å²) in [5, 5.41) is 14.0. The topological polar surface area (TPSA) is 87.7 Å². The minimum atomic E-state index is -4.44. The summed E-state index contributed by atoms with van der Waals surface area (Å²) in [6.45, 7) is 3.14. The summed E-state index contributed by atoms with van der Waals surface area (Å²) >= 11 is 0. The van der Waals surface area contributed by atoms with Crippen molar-refractivity contribution in [2.24, 2.45) is 16.3 Å². The Bertz CT molecular complexity index is 541. The number of nitrogens with one attached hydrogen (secondary N) is 1. The second kappa shape index (κ2) is 6.02. The molecule has 0 aliphatic heterocycles. The van der Waals surface area contributed by atoms with Crippen LogP contribution < -0.4 is 11.1 Å². The quantitative estimate of drug-likeness (QED) is 0.346. The third-order valence-electron chi connectivity index (χ3n) is 3.35. The van der Waals surface area contributed by atoms with Crippen molar-refractivity contribution in [3.63, 3.8) is 0 Å². The summed E-state index contributed by atoms with van der Waals surface area (Å²) in [5.41, 5.74) is 3.62. The van der Waals surface area contributed by atoms with Gasteiger partial charge in [0.2, 0.25) is 5.91 Å². The van der Waals surface area contributed by atoms with Crippen LogP contribution in [0.4, 0.5) is 18.9 Å². The van der Waals surface area contributed by atoms with Crippen LogP contribution in [-0.2, 0) is 11.0 Å². The number of rotatable bonds is 4. The first kappa shape index (κ1) is 16.8. The van der Waals surface area contributed by atoms with Crippen LogP contribution in [-0.4, -0.2) is 17.0 Å². The second-order valence-electron chi connectivity index (χ2n) is 4.70. The molecule has 8 heteroatoms. The fraction of sp³-hybridized carbons (Fsp3) is 0.385. The molecule has 0 radical (unpaired) electrons. The van der Waals surface area contributed by atoms with Gasteiger partial charge in [0.1, 0.15) is 5.41 Å². The van der Waals surface area contributed by atoms with E-state index >= 15 is 0 Å². The molecule has 0 heterocycles. The number of nitrogens with zero attached hydrogens (tertiary/aromatic N) is 1. The first-order valence-electron chi connectivity index (χ1n) is 6.12. The summed E-state index contributed by atoms with van der Waals surface area (Å²) in [7, 11) is 0. The summed E-state index contributed by atoms with van der Waals surface area (Å²) in [6.07, 6.45) is -4.18. The van der Waals surface area contributed by atoms with Crippen LogP contribution >= 0.6 is 0 Å². The number of amides is 1. The number of carbonyl (C=O) groups excluding carboxylic acids is 1. The minimum absolute atomic E-state index is 0.193. The fourth-order valence-electron chi connectivity index (χ4n) is 1.58. The lowest BCUT2D eigenvalue weighted by Gasteiger charge is -2.25. The Morgan fingerprint density at radius 3 is 2.24 bits per heavy atom. The zero-order valence-electron chi connectivity index (χ0n) is 11.5. The SMILES string of the molecule is CCC(C)(C(=O)Nc1ccc(C(F)(F)F)cc1)/C(N)=N/O. The van der Waals surface area contributed by atoms with Gasteiger partial charge in [0.15, 0.2) is 5.84 Å². The molecule has 1 amide bonds. The Labute approximate surface area is 119 Å². The molecule has 4 N–H and O–H groups in total. The molecule has 1 aromatic rings. The van der Waals surface area contributed by atoms with E-state index in [0.29, 0.717) is 0 Å². The van der Waals surface area contributed by atoms with Gasteiger partial charge < -0.3 is 16.3 Å². The van der Waals surface area contributed by atoms with Crippen molar-refractivity contribution in [1.82, 2.24) is 0 Å². The standard InChI is InChI=1S/C13H16F3N3O2/c1-3-12(2,10(17)19-21)11(20)18-9-6-4-8(5-7-9)13(14,15)16/h4-7,21H,3H2,1-2H3,(H2,17,19)(H,18,20). The van der Waals surface area contributed by atoms with Gasteiger partial charge >= 0.3 is 6.18 Å². The second-order valence-corrected chi connectivity index (χ2v) is 4.70. The van der Waals surface area contributed by atoms with E-state index in [9.17, 15) is 18.0 Å². The van der Waals surface area contributed by atoms with Crippen molar-refractivity contribution in [1.29, 1.82) is 0 Å². The van der Waals surface area contributed by atoms with E-state index in [2.05, 4.69) is 10.5 Å². The van der Waals surface area contributed by atoms with E-state index in [0.717, 1.165) is 24.3 Å². The third-order valence-corrected chi connectivity index (χ3v) is 3.35. The van der Waals surface area contributed by atoms with Crippen molar-refractivity contribution in [3.05, 3.63) is 29.8 Å². The van der Waals surface area contributed by atoms with Crippen molar-refractivity contribution in [2.45, 2.75) is 26.4 Å². The minimum Gasteiger partial charge on any atom is -0.409 e. The maximum absolute atomic E-state index is 12.4. The lowest BCUT2D eigenvalue weighted by Crippen LogP contribution is -2.44. The van der Waals surface area contributed by atoms with Crippen LogP contribution in [0.5, 0.6) is 0 Å². The van der Waals surface area contributed by atoms with Crippen molar-refractivity contribution >= 4 is 17.4 Å². The molecule has 0 saturated carbocycles. The third kappa shape index (κ3) is 3.65. The van der Waals surface area contributed by atoms with E-state index < -0.39 is 23.1 Å². The van der Waals surface area contributed by atoms with Crippen LogP contribution in [0, 0.1) is 5.41 Å². The molecule has 0 aromatic heterocycles. The monoisotopic (exact) mass is 303 g/mol. The summed E-state index contributed by atoms with van der Waals surface area (Å²) in [6, 6.07) is 4.01. The Balaban J connectivity index is 2.93. The van der Waals surface area contributed by atoms with Crippen LogP contribution in [0.25, 0.3) is 0 Å². The zero-order chi connectivity index (χ0) is 16.3. The molecule has 0 spiro atoms. The van der Waals surface area contributed by atoms with Gasteiger partial charge in [0.05, 0.1) is 5.56 Å². The maximum atomic E-state index is 12.4. The molecule has 21 heavy (non-hydrogen) atoms. The number of nitrogens with two attached hydrogens (primary N) is 1. The number of oxime groups is 1.